The van der Waals surface area contributed by atoms with Gasteiger partial charge in [-0.05, 0) is 35.7 Å². The van der Waals surface area contributed by atoms with E-state index in [0.29, 0.717) is 0 Å². The lowest BCUT2D eigenvalue weighted by molar-refractivity contribution is -0.120. The van der Waals surface area contributed by atoms with Crippen LogP contribution < -0.4 is 9.62 Å². The van der Waals surface area contributed by atoms with Crippen molar-refractivity contribution in [3.05, 3.63) is 101 Å². The molecule has 156 valence electrons. The van der Waals surface area contributed by atoms with Crippen LogP contribution in [0.3, 0.4) is 0 Å². The number of rotatable bonds is 7. The van der Waals surface area contributed by atoms with Crippen molar-refractivity contribution in [3.63, 3.8) is 0 Å². The van der Waals surface area contributed by atoms with Gasteiger partial charge >= 0.3 is 0 Å². The van der Waals surface area contributed by atoms with Crippen LogP contribution >= 0.6 is 11.6 Å². The predicted molar refractivity (Wildman–Crippen MR) is 121 cm³/mol. The van der Waals surface area contributed by atoms with Gasteiger partial charge in [-0.25, -0.2) is 8.42 Å². The first-order valence-electron chi connectivity index (χ1n) is 9.39. The number of sulfonamides is 1. The van der Waals surface area contributed by atoms with Crippen LogP contribution in [0.2, 0.25) is 5.02 Å². The average Bonchev–Trinajstić information content (AvgIpc) is 2.71. The number of nitrogens with one attached hydrogen (secondary N) is 1. The molecule has 0 aliphatic heterocycles. The van der Waals surface area contributed by atoms with Gasteiger partial charge in [0.2, 0.25) is 15.9 Å². The van der Waals surface area contributed by atoms with Crippen LogP contribution in [0.5, 0.6) is 0 Å². The number of benzene rings is 3. The number of halogens is 1. The summed E-state index contributed by atoms with van der Waals surface area (Å²) < 4.78 is 25.8. The molecule has 0 aromatic heterocycles. The number of aryl methyl sites for hydroxylation is 1. The summed E-state index contributed by atoms with van der Waals surface area (Å²) in [5.41, 5.74) is 3.14. The van der Waals surface area contributed by atoms with Crippen molar-refractivity contribution in [2.45, 2.75) is 13.0 Å². The highest BCUT2D eigenvalue weighted by molar-refractivity contribution is 7.92. The van der Waals surface area contributed by atoms with Crippen LogP contribution in [0.15, 0.2) is 78.9 Å². The smallest absolute Gasteiger partial charge is 0.241 e. The molecule has 5 nitrogen and oxygen atoms in total. The number of para-hydroxylation sites is 1. The molecule has 7 heteroatoms. The van der Waals surface area contributed by atoms with E-state index in [9.17, 15) is 13.2 Å². The fourth-order valence-electron chi connectivity index (χ4n) is 3.27. The molecule has 30 heavy (non-hydrogen) atoms. The lowest BCUT2D eigenvalue weighted by atomic mass is 9.95. The summed E-state index contributed by atoms with van der Waals surface area (Å²) >= 11 is 6.19. The molecular formula is C23H23ClN2O3S. The van der Waals surface area contributed by atoms with Gasteiger partial charge < -0.3 is 5.32 Å². The normalized spacial score (nSPS) is 12.2. The highest BCUT2D eigenvalue weighted by Gasteiger charge is 2.25. The number of anilines is 1. The van der Waals surface area contributed by atoms with Crippen LogP contribution in [0.25, 0.3) is 0 Å². The van der Waals surface area contributed by atoms with Crippen molar-refractivity contribution < 1.29 is 13.2 Å². The van der Waals surface area contributed by atoms with Gasteiger partial charge in [0.05, 0.1) is 23.0 Å². The number of nitrogens with zero attached hydrogens (tertiary/aromatic N) is 1. The van der Waals surface area contributed by atoms with Crippen LogP contribution in [0.4, 0.5) is 5.69 Å². The molecule has 3 rings (SSSR count). The molecule has 0 radical (unpaired) electrons. The Morgan fingerprint density at radius 2 is 1.57 bits per heavy atom. The Morgan fingerprint density at radius 1 is 0.967 bits per heavy atom. The molecule has 0 aliphatic carbocycles. The van der Waals surface area contributed by atoms with Crippen LogP contribution in [-0.4, -0.2) is 27.1 Å². The molecule has 0 unspecified atom stereocenters. The molecule has 3 aromatic carbocycles. The van der Waals surface area contributed by atoms with E-state index in [1.807, 2.05) is 61.5 Å². The van der Waals surface area contributed by atoms with Gasteiger partial charge in [-0.3, -0.25) is 9.10 Å². The molecule has 1 N–H and O–H groups in total. The van der Waals surface area contributed by atoms with Crippen LogP contribution in [0.1, 0.15) is 22.7 Å². The Labute approximate surface area is 182 Å². The summed E-state index contributed by atoms with van der Waals surface area (Å²) in [4.78, 5) is 13.0. The fourth-order valence-corrected chi connectivity index (χ4v) is 4.43. The first kappa shape index (κ1) is 21.9. The first-order chi connectivity index (χ1) is 14.3. The third-order valence-corrected chi connectivity index (χ3v) is 6.19. The van der Waals surface area contributed by atoms with Crippen LogP contribution in [0, 0.1) is 6.92 Å². The largest absolute Gasteiger partial charge is 0.344 e. The maximum Gasteiger partial charge on any atom is 0.241 e. The standard InChI is InChI=1S/C23H23ClN2O3S/c1-17-10-6-7-13-19(17)23(18-11-4-3-5-12-18)25-22(27)16-26(30(2,28)29)21-15-9-8-14-20(21)24/h3-15,23H,16H2,1-2H3,(H,25,27)/t23-/m1/s1. The molecule has 0 aliphatic rings. The second-order valence-electron chi connectivity index (χ2n) is 6.99. The summed E-state index contributed by atoms with van der Waals surface area (Å²) in [7, 11) is -3.72. The van der Waals surface area contributed by atoms with Crippen LogP contribution in [-0.2, 0) is 14.8 Å². The SMILES string of the molecule is Cc1ccccc1[C@H](NC(=O)CN(c1ccccc1Cl)S(C)(=O)=O)c1ccccc1. The minimum atomic E-state index is -3.72. The molecular weight excluding hydrogens is 420 g/mol. The third kappa shape index (κ3) is 5.20. The lowest BCUT2D eigenvalue weighted by Crippen LogP contribution is -2.42. The number of carbonyl (C=O) groups excluding carboxylic acids is 1. The van der Waals surface area contributed by atoms with E-state index in [1.165, 1.54) is 0 Å². The van der Waals surface area contributed by atoms with Crippen molar-refractivity contribution in [2.75, 3.05) is 17.1 Å². The molecule has 0 heterocycles. The summed E-state index contributed by atoms with van der Waals surface area (Å²) in [6, 6.07) is 23.5. The number of hydrogen-bond acceptors (Lipinski definition) is 3. The number of amides is 1. The molecule has 0 saturated carbocycles. The minimum Gasteiger partial charge on any atom is -0.344 e. The summed E-state index contributed by atoms with van der Waals surface area (Å²) in [6.45, 7) is 1.60. The Kier molecular flexibility index (Phi) is 6.80. The zero-order valence-electron chi connectivity index (χ0n) is 16.7. The van der Waals surface area contributed by atoms with Crippen molar-refractivity contribution in [1.29, 1.82) is 0 Å². The van der Waals surface area contributed by atoms with Gasteiger partial charge in [0.1, 0.15) is 6.54 Å². The van der Waals surface area contributed by atoms with Crippen molar-refractivity contribution >= 4 is 33.2 Å². The van der Waals surface area contributed by atoms with E-state index >= 15 is 0 Å². The Morgan fingerprint density at radius 3 is 2.20 bits per heavy atom. The number of hydrogen-bond donors (Lipinski definition) is 1. The molecule has 0 bridgehead atoms. The van der Waals surface area contributed by atoms with E-state index in [2.05, 4.69) is 5.32 Å². The summed E-state index contributed by atoms with van der Waals surface area (Å²) in [5, 5.41) is 3.25. The highest BCUT2D eigenvalue weighted by Crippen LogP contribution is 2.28. The summed E-state index contributed by atoms with van der Waals surface area (Å²) in [5.74, 6) is -0.433. The zero-order valence-corrected chi connectivity index (χ0v) is 18.3. The van der Waals surface area contributed by atoms with Gasteiger partial charge in [0.15, 0.2) is 0 Å². The quantitative estimate of drug-likeness (QED) is 0.592. The topological polar surface area (TPSA) is 66.5 Å². The third-order valence-electron chi connectivity index (χ3n) is 4.75. The molecule has 0 fully saturated rings. The molecule has 1 amide bonds. The van der Waals surface area contributed by atoms with Gasteiger partial charge in [-0.2, -0.15) is 0 Å². The van der Waals surface area contributed by atoms with Crippen molar-refractivity contribution in [2.24, 2.45) is 0 Å². The fraction of sp³-hybridized carbons (Fsp3) is 0.174. The minimum absolute atomic E-state index is 0.259. The van der Waals surface area contributed by atoms with Gasteiger partial charge in [-0.1, -0.05) is 78.3 Å². The number of carbonyl (C=O) groups is 1. The second kappa shape index (κ2) is 9.32. The van der Waals surface area contributed by atoms with Gasteiger partial charge in [0.25, 0.3) is 0 Å². The Hall–Kier alpha value is -2.83. The molecule has 1 atom stereocenters. The lowest BCUT2D eigenvalue weighted by Gasteiger charge is -2.26. The highest BCUT2D eigenvalue weighted by atomic mass is 35.5. The Bertz CT molecular complexity index is 1130. The molecule has 0 saturated heterocycles. The average molecular weight is 443 g/mol. The van der Waals surface area contributed by atoms with E-state index in [-0.39, 0.29) is 17.3 Å². The van der Waals surface area contributed by atoms with Gasteiger partial charge in [0, 0.05) is 0 Å². The Balaban J connectivity index is 1.92. The van der Waals surface area contributed by atoms with E-state index < -0.39 is 22.0 Å². The van der Waals surface area contributed by atoms with E-state index in [4.69, 9.17) is 11.6 Å². The predicted octanol–water partition coefficient (Wildman–Crippen LogP) is 4.32. The van der Waals surface area contributed by atoms with Crippen molar-refractivity contribution in [3.8, 4) is 0 Å². The van der Waals surface area contributed by atoms with E-state index in [0.717, 1.165) is 27.3 Å². The van der Waals surface area contributed by atoms with Crippen molar-refractivity contribution in [1.82, 2.24) is 5.32 Å². The van der Waals surface area contributed by atoms with E-state index in [1.54, 1.807) is 24.3 Å². The van der Waals surface area contributed by atoms with Gasteiger partial charge in [-0.15, -0.1) is 0 Å². The second-order valence-corrected chi connectivity index (χ2v) is 9.30. The maximum absolute atomic E-state index is 13.0. The maximum atomic E-state index is 13.0. The first-order valence-corrected chi connectivity index (χ1v) is 11.6. The molecule has 0 spiro atoms. The summed E-state index contributed by atoms with van der Waals surface area (Å²) in [6.07, 6.45) is 1.06. The zero-order chi connectivity index (χ0) is 21.7. The monoisotopic (exact) mass is 442 g/mol. The molecule has 3 aromatic rings.